The molecule has 0 N–H and O–H groups in total. The Bertz CT molecular complexity index is 1160. The lowest BCUT2D eigenvalue weighted by Gasteiger charge is -2.16. The van der Waals surface area contributed by atoms with Crippen LogP contribution in [0.2, 0.25) is 0 Å². The van der Waals surface area contributed by atoms with E-state index in [1.807, 2.05) is 36.4 Å². The van der Waals surface area contributed by atoms with Crippen molar-refractivity contribution in [2.75, 3.05) is 11.5 Å². The molecule has 3 aromatic rings. The van der Waals surface area contributed by atoms with Gasteiger partial charge in [0.15, 0.2) is 0 Å². The van der Waals surface area contributed by atoms with Crippen molar-refractivity contribution < 1.29 is 19.1 Å². The summed E-state index contributed by atoms with van der Waals surface area (Å²) >= 11 is 0. The number of amides is 2. The third-order valence-corrected chi connectivity index (χ3v) is 5.86. The van der Waals surface area contributed by atoms with Crippen LogP contribution in [0, 0.1) is 0 Å². The smallest absolute Gasteiger partial charge is 0.338 e. The molecule has 32 heavy (non-hydrogen) atoms. The third-order valence-electron chi connectivity index (χ3n) is 5.86. The van der Waals surface area contributed by atoms with Crippen molar-refractivity contribution in [2.45, 2.75) is 45.4 Å². The minimum Gasteiger partial charge on any atom is -0.462 e. The van der Waals surface area contributed by atoms with Crippen LogP contribution < -0.4 is 4.90 Å². The number of ether oxygens (including phenoxy) is 1. The van der Waals surface area contributed by atoms with Gasteiger partial charge in [0.1, 0.15) is 0 Å². The second-order valence-electron chi connectivity index (χ2n) is 8.11. The van der Waals surface area contributed by atoms with Crippen LogP contribution in [0.5, 0.6) is 0 Å². The number of anilines is 1. The number of imide groups is 1. The number of esters is 1. The Morgan fingerprint density at radius 3 is 2.38 bits per heavy atom. The predicted molar refractivity (Wildman–Crippen MR) is 125 cm³/mol. The zero-order chi connectivity index (χ0) is 22.5. The number of hydrogen-bond donors (Lipinski definition) is 0. The fourth-order valence-electron chi connectivity index (χ4n) is 4.12. The number of unbranched alkanes of at least 4 members (excludes halogenated alkanes) is 5. The van der Waals surface area contributed by atoms with E-state index in [1.165, 1.54) is 30.2 Å². The second kappa shape index (κ2) is 9.77. The monoisotopic (exact) mass is 429 g/mol. The average Bonchev–Trinajstić information content (AvgIpc) is 3.07. The van der Waals surface area contributed by atoms with Crippen molar-refractivity contribution in [3.05, 3.63) is 77.4 Å². The molecule has 1 aliphatic rings. The first-order chi connectivity index (χ1) is 15.6. The van der Waals surface area contributed by atoms with E-state index < -0.39 is 11.9 Å². The van der Waals surface area contributed by atoms with Crippen molar-refractivity contribution >= 4 is 34.2 Å². The van der Waals surface area contributed by atoms with Gasteiger partial charge in [-0.2, -0.15) is 0 Å². The highest BCUT2D eigenvalue weighted by Gasteiger charge is 2.37. The lowest BCUT2D eigenvalue weighted by molar-refractivity contribution is 0.0497. The summed E-state index contributed by atoms with van der Waals surface area (Å²) in [6.45, 7) is 2.54. The molecule has 2 amide bonds. The van der Waals surface area contributed by atoms with Gasteiger partial charge in [-0.15, -0.1) is 0 Å². The molecule has 0 atom stereocenters. The first kappa shape index (κ1) is 21.8. The second-order valence-corrected chi connectivity index (χ2v) is 8.11. The number of carbonyl (C=O) groups excluding carboxylic acids is 3. The van der Waals surface area contributed by atoms with Gasteiger partial charge < -0.3 is 4.74 Å². The topological polar surface area (TPSA) is 63.7 Å². The quantitative estimate of drug-likeness (QED) is 0.232. The molecule has 164 valence electrons. The maximum absolute atomic E-state index is 13.2. The van der Waals surface area contributed by atoms with Crippen LogP contribution >= 0.6 is 0 Å². The van der Waals surface area contributed by atoms with Crippen LogP contribution in [0.15, 0.2) is 60.7 Å². The molecule has 0 saturated carbocycles. The summed E-state index contributed by atoms with van der Waals surface area (Å²) in [7, 11) is 0. The van der Waals surface area contributed by atoms with Gasteiger partial charge in [-0.25, -0.2) is 9.69 Å². The van der Waals surface area contributed by atoms with Crippen molar-refractivity contribution in [3.8, 4) is 0 Å². The van der Waals surface area contributed by atoms with Gasteiger partial charge in [-0.3, -0.25) is 9.59 Å². The molecule has 4 rings (SSSR count). The molecule has 0 aromatic heterocycles. The number of benzene rings is 3. The molecule has 0 aliphatic carbocycles. The van der Waals surface area contributed by atoms with E-state index in [-0.39, 0.29) is 17.0 Å². The van der Waals surface area contributed by atoms with Crippen molar-refractivity contribution in [1.82, 2.24) is 0 Å². The first-order valence-corrected chi connectivity index (χ1v) is 11.3. The molecule has 0 saturated heterocycles. The molecule has 0 radical (unpaired) electrons. The summed E-state index contributed by atoms with van der Waals surface area (Å²) < 4.78 is 5.38. The fraction of sp³-hybridized carbons (Fsp3) is 0.296. The van der Waals surface area contributed by atoms with Crippen molar-refractivity contribution in [1.29, 1.82) is 0 Å². The minimum absolute atomic E-state index is 0.233. The number of nitrogens with zero attached hydrogens (tertiary/aromatic N) is 1. The zero-order valence-electron chi connectivity index (χ0n) is 18.3. The molecule has 0 unspecified atom stereocenters. The third kappa shape index (κ3) is 4.28. The van der Waals surface area contributed by atoms with Gasteiger partial charge in [0, 0.05) is 5.39 Å². The van der Waals surface area contributed by atoms with E-state index in [4.69, 9.17) is 4.74 Å². The number of hydrogen-bond acceptors (Lipinski definition) is 4. The SMILES string of the molecule is CCCCCCCCOC(=O)c1ccc2c(c1)C(=O)N(c1cccc3ccccc13)C2=O. The molecule has 0 fully saturated rings. The van der Waals surface area contributed by atoms with Gasteiger partial charge >= 0.3 is 5.97 Å². The van der Waals surface area contributed by atoms with Gasteiger partial charge in [0.25, 0.3) is 11.8 Å². The molecule has 5 heteroatoms. The van der Waals surface area contributed by atoms with Crippen LogP contribution in [0.1, 0.15) is 76.5 Å². The Morgan fingerprint density at radius 2 is 1.53 bits per heavy atom. The van der Waals surface area contributed by atoms with E-state index >= 15 is 0 Å². The largest absolute Gasteiger partial charge is 0.462 e. The zero-order valence-corrected chi connectivity index (χ0v) is 18.3. The van der Waals surface area contributed by atoms with Gasteiger partial charge in [0.2, 0.25) is 0 Å². The van der Waals surface area contributed by atoms with E-state index in [9.17, 15) is 14.4 Å². The summed E-state index contributed by atoms with van der Waals surface area (Å²) in [6.07, 6.45) is 6.64. The van der Waals surface area contributed by atoms with Crippen LogP contribution in [0.25, 0.3) is 10.8 Å². The predicted octanol–water partition coefficient (Wildman–Crippen LogP) is 6.16. The lowest BCUT2D eigenvalue weighted by atomic mass is 10.1. The molecule has 0 bridgehead atoms. The van der Waals surface area contributed by atoms with Crippen LogP contribution in [-0.4, -0.2) is 24.4 Å². The first-order valence-electron chi connectivity index (χ1n) is 11.3. The molecular weight excluding hydrogens is 402 g/mol. The number of carbonyl (C=O) groups is 3. The summed E-state index contributed by atoms with van der Waals surface area (Å²) in [6, 6.07) is 17.7. The summed E-state index contributed by atoms with van der Waals surface area (Å²) in [4.78, 5) is 39.9. The van der Waals surface area contributed by atoms with Crippen molar-refractivity contribution in [3.63, 3.8) is 0 Å². The summed E-state index contributed by atoms with van der Waals surface area (Å²) in [5.74, 6) is -1.27. The highest BCUT2D eigenvalue weighted by atomic mass is 16.5. The van der Waals surface area contributed by atoms with Crippen molar-refractivity contribution in [2.24, 2.45) is 0 Å². The van der Waals surface area contributed by atoms with E-state index in [1.54, 1.807) is 18.2 Å². The van der Waals surface area contributed by atoms with Crippen LogP contribution in [-0.2, 0) is 4.74 Å². The molecule has 1 aliphatic heterocycles. The number of rotatable bonds is 9. The normalized spacial score (nSPS) is 13.0. The summed E-state index contributed by atoms with van der Waals surface area (Å²) in [5, 5.41) is 1.77. The Balaban J connectivity index is 1.48. The van der Waals surface area contributed by atoms with E-state index in [0.29, 0.717) is 17.9 Å². The Kier molecular flexibility index (Phi) is 6.64. The summed E-state index contributed by atoms with van der Waals surface area (Å²) in [5.41, 5.74) is 1.37. The molecular formula is C27H27NO4. The Labute approximate surface area is 188 Å². The minimum atomic E-state index is -0.467. The van der Waals surface area contributed by atoms with Gasteiger partial charge in [-0.1, -0.05) is 75.4 Å². The molecule has 0 spiro atoms. The Hall–Kier alpha value is -3.47. The molecule has 3 aromatic carbocycles. The maximum Gasteiger partial charge on any atom is 0.338 e. The van der Waals surface area contributed by atoms with Gasteiger partial charge in [-0.05, 0) is 36.1 Å². The van der Waals surface area contributed by atoms with Crippen LogP contribution in [0.4, 0.5) is 5.69 Å². The van der Waals surface area contributed by atoms with E-state index in [0.717, 1.165) is 30.0 Å². The Morgan fingerprint density at radius 1 is 0.812 bits per heavy atom. The van der Waals surface area contributed by atoms with Gasteiger partial charge in [0.05, 0.1) is 29.0 Å². The van der Waals surface area contributed by atoms with E-state index in [2.05, 4.69) is 6.92 Å². The molecule has 1 heterocycles. The number of fused-ring (bicyclic) bond motifs is 2. The fourth-order valence-corrected chi connectivity index (χ4v) is 4.12. The standard InChI is InChI=1S/C27H27NO4/c1-2-3-4-5-6-9-17-32-27(31)20-15-16-22-23(18-20)26(30)28(25(22)29)24-14-10-12-19-11-7-8-13-21(19)24/h7-8,10-16,18H,2-6,9,17H2,1H3. The highest BCUT2D eigenvalue weighted by Crippen LogP contribution is 2.34. The molecule has 5 nitrogen and oxygen atoms in total. The maximum atomic E-state index is 13.2. The highest BCUT2D eigenvalue weighted by molar-refractivity contribution is 6.36. The van der Waals surface area contributed by atoms with Crippen LogP contribution in [0.3, 0.4) is 0 Å². The average molecular weight is 430 g/mol. The lowest BCUT2D eigenvalue weighted by Crippen LogP contribution is -2.29.